The van der Waals surface area contributed by atoms with Gasteiger partial charge in [0.25, 0.3) is 5.56 Å². The second-order valence-electron chi connectivity index (χ2n) is 4.91. The quantitative estimate of drug-likeness (QED) is 0.684. The number of nitrogens with one attached hydrogen (secondary N) is 1. The fourth-order valence-corrected chi connectivity index (χ4v) is 4.65. The van der Waals surface area contributed by atoms with Crippen molar-refractivity contribution in [3.63, 3.8) is 0 Å². The third kappa shape index (κ3) is 3.08. The largest absolute Gasteiger partial charge is 0.497 e. The number of hydrogen-bond donors (Lipinski definition) is 1. The zero-order valence-electron chi connectivity index (χ0n) is 13.8. The number of methoxy groups -OCH3 is 2. The second kappa shape index (κ2) is 7.16. The standard InChI is InChI=1S/C16H16N2O5S2/c1-4-23-16(20)17-13-14-11(8-24-25-14)18(15(13)19)10-6-5-9(21-2)7-12(10)22-3/h5-8H,4H2,1-3H3,(H,17,20). The molecule has 9 heteroatoms. The molecule has 0 saturated heterocycles. The fraction of sp³-hybridized carbons (Fsp3) is 0.250. The predicted octanol–water partition coefficient (Wildman–Crippen LogP) is 3.65. The third-order valence-electron chi connectivity index (χ3n) is 3.54. The molecule has 2 heterocycles. The molecule has 0 saturated carbocycles. The number of anilines is 1. The lowest BCUT2D eigenvalue weighted by atomic mass is 10.2. The Kier molecular flexibility index (Phi) is 4.95. The topological polar surface area (TPSA) is 78.8 Å². The normalized spacial score (nSPS) is 10.7. The van der Waals surface area contributed by atoms with Crippen molar-refractivity contribution in [2.75, 3.05) is 26.1 Å². The molecule has 0 unspecified atom stereocenters. The van der Waals surface area contributed by atoms with Crippen LogP contribution in [0.25, 0.3) is 16.3 Å². The van der Waals surface area contributed by atoms with Gasteiger partial charge in [0, 0.05) is 11.4 Å². The van der Waals surface area contributed by atoms with Crippen LogP contribution in [-0.2, 0) is 4.74 Å². The number of aromatic nitrogens is 1. The number of nitrogens with zero attached hydrogens (tertiary/aromatic N) is 1. The molecule has 25 heavy (non-hydrogen) atoms. The maximum Gasteiger partial charge on any atom is 0.411 e. The molecule has 1 amide bonds. The number of ether oxygens (including phenoxy) is 3. The molecule has 0 bridgehead atoms. The molecule has 3 rings (SSSR count). The Labute approximate surface area is 151 Å². The van der Waals surface area contributed by atoms with E-state index in [1.165, 1.54) is 32.4 Å². The van der Waals surface area contributed by atoms with Crippen LogP contribution in [0.5, 0.6) is 11.5 Å². The summed E-state index contributed by atoms with van der Waals surface area (Å²) in [4.78, 5) is 25.4. The Morgan fingerprint density at radius 1 is 1.28 bits per heavy atom. The van der Waals surface area contributed by atoms with Gasteiger partial charge >= 0.3 is 6.09 Å². The molecule has 1 N–H and O–H groups in total. The Hall–Kier alpha value is -2.52. The van der Waals surface area contributed by atoms with E-state index in [9.17, 15) is 9.59 Å². The van der Waals surface area contributed by atoms with Gasteiger partial charge in [-0.1, -0.05) is 20.7 Å². The van der Waals surface area contributed by atoms with E-state index in [1.54, 1.807) is 32.2 Å². The van der Waals surface area contributed by atoms with Gasteiger partial charge in [-0.3, -0.25) is 14.7 Å². The highest BCUT2D eigenvalue weighted by Crippen LogP contribution is 2.40. The van der Waals surface area contributed by atoms with Crippen molar-refractivity contribution in [2.24, 2.45) is 0 Å². The van der Waals surface area contributed by atoms with Crippen molar-refractivity contribution in [3.8, 4) is 27.8 Å². The molecule has 0 aromatic heterocycles. The smallest absolute Gasteiger partial charge is 0.411 e. The van der Waals surface area contributed by atoms with Crippen LogP contribution < -0.4 is 20.3 Å². The molecular weight excluding hydrogens is 364 g/mol. The molecule has 2 aliphatic rings. The molecule has 7 nitrogen and oxygen atoms in total. The number of rotatable bonds is 5. The molecule has 0 radical (unpaired) electrons. The van der Waals surface area contributed by atoms with Crippen molar-refractivity contribution in [3.05, 3.63) is 33.9 Å². The number of benzene rings is 1. The summed E-state index contributed by atoms with van der Waals surface area (Å²) in [5.74, 6) is 1.11. The zero-order valence-corrected chi connectivity index (χ0v) is 15.5. The van der Waals surface area contributed by atoms with Gasteiger partial charge in [0.05, 0.1) is 37.1 Å². The van der Waals surface area contributed by atoms with Crippen molar-refractivity contribution >= 4 is 32.5 Å². The van der Waals surface area contributed by atoms with Crippen LogP contribution in [0.4, 0.5) is 10.5 Å². The van der Waals surface area contributed by atoms with Gasteiger partial charge in [-0.25, -0.2) is 4.79 Å². The zero-order chi connectivity index (χ0) is 18.0. The van der Waals surface area contributed by atoms with Crippen LogP contribution in [-0.4, -0.2) is 31.5 Å². The minimum atomic E-state index is -0.654. The van der Waals surface area contributed by atoms with Crippen molar-refractivity contribution < 1.29 is 19.0 Å². The van der Waals surface area contributed by atoms with E-state index in [0.29, 0.717) is 27.8 Å². The van der Waals surface area contributed by atoms with Gasteiger partial charge in [-0.15, -0.1) is 0 Å². The van der Waals surface area contributed by atoms with Crippen LogP contribution in [0.3, 0.4) is 0 Å². The fourth-order valence-electron chi connectivity index (χ4n) is 2.44. The van der Waals surface area contributed by atoms with Crippen LogP contribution in [0, 0.1) is 0 Å². The first-order valence-corrected chi connectivity index (χ1v) is 9.60. The lowest BCUT2D eigenvalue weighted by molar-refractivity contribution is 0.168. The monoisotopic (exact) mass is 380 g/mol. The number of carbonyl (C=O) groups excluding carboxylic acids is 1. The molecule has 0 aliphatic carbocycles. The Morgan fingerprint density at radius 3 is 2.76 bits per heavy atom. The lowest BCUT2D eigenvalue weighted by Crippen LogP contribution is -2.21. The van der Waals surface area contributed by atoms with E-state index in [-0.39, 0.29) is 17.9 Å². The Balaban J connectivity index is 2.15. The van der Waals surface area contributed by atoms with E-state index >= 15 is 0 Å². The second-order valence-corrected chi connectivity index (χ2v) is 6.99. The summed E-state index contributed by atoms with van der Waals surface area (Å²) in [5, 5.41) is 4.41. The summed E-state index contributed by atoms with van der Waals surface area (Å²) >= 11 is 0. The summed E-state index contributed by atoms with van der Waals surface area (Å²) in [5.41, 5.74) is 1.14. The summed E-state index contributed by atoms with van der Waals surface area (Å²) in [6, 6.07) is 5.20. The summed E-state index contributed by atoms with van der Waals surface area (Å²) in [6.45, 7) is 1.93. The van der Waals surface area contributed by atoms with E-state index in [1.807, 2.05) is 5.38 Å². The predicted molar refractivity (Wildman–Crippen MR) is 98.2 cm³/mol. The van der Waals surface area contributed by atoms with E-state index < -0.39 is 6.09 Å². The Morgan fingerprint density at radius 2 is 2.08 bits per heavy atom. The lowest BCUT2D eigenvalue weighted by Gasteiger charge is -2.11. The van der Waals surface area contributed by atoms with Crippen LogP contribution in [0.15, 0.2) is 28.4 Å². The summed E-state index contributed by atoms with van der Waals surface area (Å²) < 4.78 is 17.0. The molecule has 132 valence electrons. The number of hydrogen-bond acceptors (Lipinski definition) is 7. The van der Waals surface area contributed by atoms with Crippen molar-refractivity contribution in [1.82, 2.24) is 4.57 Å². The van der Waals surface area contributed by atoms with Gasteiger partial charge in [-0.2, -0.15) is 0 Å². The van der Waals surface area contributed by atoms with Gasteiger partial charge < -0.3 is 14.2 Å². The molecule has 1 aromatic carbocycles. The first-order valence-electron chi connectivity index (χ1n) is 7.39. The SMILES string of the molecule is CCOC(=O)Nc1c2sscc-2n(-c2ccc(OC)cc2OC)c1=O. The summed E-state index contributed by atoms with van der Waals surface area (Å²) in [6.07, 6.45) is -0.654. The van der Waals surface area contributed by atoms with E-state index in [2.05, 4.69) is 5.32 Å². The number of fused-ring (bicyclic) bond motifs is 1. The molecule has 0 atom stereocenters. The van der Waals surface area contributed by atoms with E-state index in [0.717, 1.165) is 0 Å². The maximum absolute atomic E-state index is 12.9. The average molecular weight is 380 g/mol. The minimum absolute atomic E-state index is 0.206. The van der Waals surface area contributed by atoms with Crippen molar-refractivity contribution in [1.29, 1.82) is 0 Å². The average Bonchev–Trinajstić information content (AvgIpc) is 3.17. The first-order chi connectivity index (χ1) is 12.1. The van der Waals surface area contributed by atoms with E-state index in [4.69, 9.17) is 14.2 Å². The van der Waals surface area contributed by atoms with Crippen LogP contribution >= 0.6 is 20.7 Å². The van der Waals surface area contributed by atoms with Crippen LogP contribution in [0.1, 0.15) is 6.92 Å². The van der Waals surface area contributed by atoms with Gasteiger partial charge in [0.2, 0.25) is 0 Å². The van der Waals surface area contributed by atoms with Crippen LogP contribution in [0.2, 0.25) is 0 Å². The highest BCUT2D eigenvalue weighted by Gasteiger charge is 2.26. The molecule has 0 spiro atoms. The van der Waals surface area contributed by atoms with Gasteiger partial charge in [0.15, 0.2) is 0 Å². The first kappa shape index (κ1) is 17.3. The molecule has 2 aliphatic heterocycles. The number of amides is 1. The minimum Gasteiger partial charge on any atom is -0.497 e. The summed E-state index contributed by atoms with van der Waals surface area (Å²) in [7, 11) is 5.97. The van der Waals surface area contributed by atoms with Crippen molar-refractivity contribution in [2.45, 2.75) is 6.92 Å². The maximum atomic E-state index is 12.9. The third-order valence-corrected chi connectivity index (χ3v) is 5.61. The molecule has 0 fully saturated rings. The highest BCUT2D eigenvalue weighted by atomic mass is 32.9. The molecule has 1 aromatic rings. The molecular formula is C16H16N2O5S2. The van der Waals surface area contributed by atoms with Gasteiger partial charge in [-0.05, 0) is 19.1 Å². The Bertz CT molecular complexity index is 927. The van der Waals surface area contributed by atoms with Gasteiger partial charge in [0.1, 0.15) is 17.2 Å². The number of carbonyl (C=O) groups is 1. The highest BCUT2D eigenvalue weighted by molar-refractivity contribution is 7.70.